The first-order valence-electron chi connectivity index (χ1n) is 5.05. The van der Waals surface area contributed by atoms with Crippen LogP contribution < -0.4 is 4.72 Å². The maximum Gasteiger partial charge on any atom is 0.297 e. The molecule has 5 nitrogen and oxygen atoms in total. The molecule has 7 heteroatoms. The molecular weight excluding hydrogens is 318 g/mol. The lowest BCUT2D eigenvalue weighted by atomic mass is 10.2. The average Bonchev–Trinajstić information content (AvgIpc) is 2.34. The summed E-state index contributed by atoms with van der Waals surface area (Å²) in [7, 11) is -3.75. The van der Waals surface area contributed by atoms with Crippen molar-refractivity contribution in [3.63, 3.8) is 0 Å². The number of hydrogen-bond donors (Lipinski definition) is 1. The SMILES string of the molecule is Cc1ccc(NS(=O)(=O)c2ncccn2)c(Br)c1. The molecule has 0 amide bonds. The predicted molar refractivity (Wildman–Crippen MR) is 71.7 cm³/mol. The van der Waals surface area contributed by atoms with Gasteiger partial charge < -0.3 is 0 Å². The van der Waals surface area contributed by atoms with E-state index in [2.05, 4.69) is 30.6 Å². The van der Waals surface area contributed by atoms with Gasteiger partial charge in [-0.3, -0.25) is 4.72 Å². The summed E-state index contributed by atoms with van der Waals surface area (Å²) in [6, 6.07) is 6.87. The van der Waals surface area contributed by atoms with E-state index in [-0.39, 0.29) is 5.16 Å². The van der Waals surface area contributed by atoms with E-state index in [1.807, 2.05) is 19.1 Å². The van der Waals surface area contributed by atoms with Crippen LogP contribution in [-0.4, -0.2) is 18.4 Å². The summed E-state index contributed by atoms with van der Waals surface area (Å²) in [6.45, 7) is 1.92. The molecule has 0 saturated heterocycles. The third-order valence-corrected chi connectivity index (χ3v) is 3.99. The van der Waals surface area contributed by atoms with Crippen LogP contribution in [0.5, 0.6) is 0 Å². The highest BCUT2D eigenvalue weighted by atomic mass is 79.9. The Balaban J connectivity index is 2.34. The molecule has 0 unspecified atom stereocenters. The summed E-state index contributed by atoms with van der Waals surface area (Å²) in [5.41, 5.74) is 1.48. The Bertz CT molecular complexity index is 659. The highest BCUT2D eigenvalue weighted by Crippen LogP contribution is 2.25. The van der Waals surface area contributed by atoms with Gasteiger partial charge in [-0.15, -0.1) is 0 Å². The summed E-state index contributed by atoms with van der Waals surface area (Å²) in [5, 5.41) is -0.252. The molecule has 0 aliphatic carbocycles. The molecule has 0 aliphatic rings. The van der Waals surface area contributed by atoms with Crippen LogP contribution >= 0.6 is 15.9 Å². The fourth-order valence-electron chi connectivity index (χ4n) is 1.32. The second-order valence-electron chi connectivity index (χ2n) is 3.62. The van der Waals surface area contributed by atoms with Gasteiger partial charge in [-0.25, -0.2) is 9.97 Å². The molecule has 0 fully saturated rings. The van der Waals surface area contributed by atoms with Gasteiger partial charge in [0.2, 0.25) is 0 Å². The van der Waals surface area contributed by atoms with E-state index in [9.17, 15) is 8.42 Å². The number of anilines is 1. The molecule has 0 spiro atoms. The number of aryl methyl sites for hydroxylation is 1. The molecule has 0 aliphatic heterocycles. The number of hydrogen-bond acceptors (Lipinski definition) is 4. The number of nitrogens with one attached hydrogen (secondary N) is 1. The molecule has 94 valence electrons. The van der Waals surface area contributed by atoms with Crippen LogP contribution in [0.3, 0.4) is 0 Å². The Morgan fingerprint density at radius 1 is 1.22 bits per heavy atom. The van der Waals surface area contributed by atoms with Gasteiger partial charge in [0, 0.05) is 16.9 Å². The summed E-state index contributed by atoms with van der Waals surface area (Å²) in [4.78, 5) is 7.43. The second kappa shape index (κ2) is 5.03. The maximum atomic E-state index is 12.0. The Labute approximate surface area is 113 Å². The zero-order valence-corrected chi connectivity index (χ0v) is 11.9. The van der Waals surface area contributed by atoms with Gasteiger partial charge in [0.25, 0.3) is 15.2 Å². The van der Waals surface area contributed by atoms with E-state index < -0.39 is 10.0 Å². The number of rotatable bonds is 3. The van der Waals surface area contributed by atoms with Gasteiger partial charge in [0.15, 0.2) is 0 Å². The van der Waals surface area contributed by atoms with Crippen LogP contribution in [0.2, 0.25) is 0 Å². The Kier molecular flexibility index (Phi) is 3.63. The third kappa shape index (κ3) is 2.85. The zero-order valence-electron chi connectivity index (χ0n) is 9.46. The predicted octanol–water partition coefficient (Wildman–Crippen LogP) is 2.35. The maximum absolute atomic E-state index is 12.0. The van der Waals surface area contributed by atoms with E-state index in [0.717, 1.165) is 5.56 Å². The average molecular weight is 328 g/mol. The molecule has 0 bridgehead atoms. The van der Waals surface area contributed by atoms with Crippen molar-refractivity contribution in [2.45, 2.75) is 12.1 Å². The summed E-state index contributed by atoms with van der Waals surface area (Å²) in [6.07, 6.45) is 2.76. The largest absolute Gasteiger partial charge is 0.297 e. The number of benzene rings is 1. The molecule has 1 aromatic carbocycles. The molecule has 1 heterocycles. The first-order chi connectivity index (χ1) is 8.49. The van der Waals surface area contributed by atoms with Crippen molar-refractivity contribution >= 4 is 31.6 Å². The van der Waals surface area contributed by atoms with Crippen molar-refractivity contribution in [1.29, 1.82) is 0 Å². The summed E-state index contributed by atoms with van der Waals surface area (Å²) < 4.78 is 27.1. The Morgan fingerprint density at radius 3 is 2.50 bits per heavy atom. The molecule has 2 aromatic rings. The molecule has 0 saturated carbocycles. The normalized spacial score (nSPS) is 11.2. The molecule has 18 heavy (non-hydrogen) atoms. The molecule has 0 radical (unpaired) electrons. The van der Waals surface area contributed by atoms with Crippen LogP contribution in [0, 0.1) is 6.92 Å². The third-order valence-electron chi connectivity index (χ3n) is 2.15. The van der Waals surface area contributed by atoms with Crippen molar-refractivity contribution in [3.8, 4) is 0 Å². The van der Waals surface area contributed by atoms with Gasteiger partial charge in [0.1, 0.15) is 0 Å². The van der Waals surface area contributed by atoms with Crippen molar-refractivity contribution in [2.24, 2.45) is 0 Å². The molecule has 2 rings (SSSR count). The quantitative estimate of drug-likeness (QED) is 0.878. The van der Waals surface area contributed by atoms with Crippen molar-refractivity contribution in [3.05, 3.63) is 46.7 Å². The van der Waals surface area contributed by atoms with Crippen LogP contribution in [0.1, 0.15) is 5.56 Å². The summed E-state index contributed by atoms with van der Waals surface area (Å²) >= 11 is 3.30. The molecule has 1 N–H and O–H groups in total. The zero-order chi connectivity index (χ0) is 13.2. The van der Waals surface area contributed by atoms with Crippen molar-refractivity contribution < 1.29 is 8.42 Å². The molecule has 0 atom stereocenters. The smallest absolute Gasteiger partial charge is 0.276 e. The number of aromatic nitrogens is 2. The second-order valence-corrected chi connectivity index (χ2v) is 6.05. The minimum atomic E-state index is -3.75. The van der Waals surface area contributed by atoms with Crippen LogP contribution in [-0.2, 0) is 10.0 Å². The summed E-state index contributed by atoms with van der Waals surface area (Å²) in [5.74, 6) is 0. The first-order valence-corrected chi connectivity index (χ1v) is 7.33. The highest BCUT2D eigenvalue weighted by molar-refractivity contribution is 9.10. The van der Waals surface area contributed by atoms with E-state index in [1.54, 1.807) is 12.1 Å². The van der Waals surface area contributed by atoms with Gasteiger partial charge in [-0.05, 0) is 46.6 Å². The molecular formula is C11H10BrN3O2S. The minimum Gasteiger partial charge on any atom is -0.276 e. The van der Waals surface area contributed by atoms with E-state index in [4.69, 9.17) is 0 Å². The Morgan fingerprint density at radius 2 is 1.89 bits per heavy atom. The van der Waals surface area contributed by atoms with Gasteiger partial charge in [0.05, 0.1) is 5.69 Å². The van der Waals surface area contributed by atoms with Crippen molar-refractivity contribution in [2.75, 3.05) is 4.72 Å². The van der Waals surface area contributed by atoms with Crippen LogP contribution in [0.25, 0.3) is 0 Å². The highest BCUT2D eigenvalue weighted by Gasteiger charge is 2.18. The van der Waals surface area contributed by atoms with Gasteiger partial charge >= 0.3 is 0 Å². The number of sulfonamides is 1. The number of halogens is 1. The number of nitrogens with zero attached hydrogens (tertiary/aromatic N) is 2. The first kappa shape index (κ1) is 13.0. The lowest BCUT2D eigenvalue weighted by Gasteiger charge is -2.08. The topological polar surface area (TPSA) is 72.0 Å². The fourth-order valence-corrected chi connectivity index (χ4v) is 3.00. The Hall–Kier alpha value is -1.47. The standard InChI is InChI=1S/C11H10BrN3O2S/c1-8-3-4-10(9(12)7-8)15-18(16,17)11-13-5-2-6-14-11/h2-7,15H,1H3. The lowest BCUT2D eigenvalue weighted by Crippen LogP contribution is -2.16. The van der Waals surface area contributed by atoms with E-state index in [1.165, 1.54) is 12.4 Å². The van der Waals surface area contributed by atoms with Crippen LogP contribution in [0.4, 0.5) is 5.69 Å². The van der Waals surface area contributed by atoms with E-state index in [0.29, 0.717) is 10.2 Å². The van der Waals surface area contributed by atoms with E-state index >= 15 is 0 Å². The fraction of sp³-hybridized carbons (Fsp3) is 0.0909. The minimum absolute atomic E-state index is 0.252. The molecule has 1 aromatic heterocycles. The van der Waals surface area contributed by atoms with Gasteiger partial charge in [-0.2, -0.15) is 8.42 Å². The monoisotopic (exact) mass is 327 g/mol. The van der Waals surface area contributed by atoms with Crippen molar-refractivity contribution in [1.82, 2.24) is 9.97 Å². The van der Waals surface area contributed by atoms with Crippen LogP contribution in [0.15, 0.2) is 46.3 Å². The lowest BCUT2D eigenvalue weighted by molar-refractivity contribution is 0.592. The van der Waals surface area contributed by atoms with Gasteiger partial charge in [-0.1, -0.05) is 6.07 Å².